The van der Waals surface area contributed by atoms with E-state index >= 15 is 0 Å². The fraction of sp³-hybridized carbons (Fsp3) is 0.562. The SMILES string of the molecule is CC1C[C@@H]2[C@H]3CO[C@H](c4ccccc4)N3C(=O)[C@@H]2C1.S.S. The Morgan fingerprint density at radius 3 is 2.57 bits per heavy atom. The van der Waals surface area contributed by atoms with Gasteiger partial charge in [-0.1, -0.05) is 37.3 Å². The third-order valence-electron chi connectivity index (χ3n) is 5.03. The van der Waals surface area contributed by atoms with Crippen LogP contribution in [0.5, 0.6) is 0 Å². The van der Waals surface area contributed by atoms with Gasteiger partial charge in [-0.15, -0.1) is 0 Å². The maximum Gasteiger partial charge on any atom is 0.228 e. The molecule has 116 valence electrons. The lowest BCUT2D eigenvalue weighted by atomic mass is 9.94. The zero-order chi connectivity index (χ0) is 13.0. The molecule has 1 aromatic rings. The number of nitrogens with zero attached hydrogens (tertiary/aromatic N) is 1. The standard InChI is InChI=1S/C16H19NO2.2H2S/c1-10-7-12-13(8-10)15(18)17-14(12)9-19-16(17)11-5-3-2-4-6-11;;/h2-6,10,12-14,16H,7-9H2,1H3;2*1H2/t10?,12-,13+,14+,16+;;/m0../s1. The smallest absolute Gasteiger partial charge is 0.228 e. The van der Waals surface area contributed by atoms with Gasteiger partial charge in [-0.05, 0) is 24.7 Å². The number of carbonyl (C=O) groups is 1. The predicted molar refractivity (Wildman–Crippen MR) is 91.9 cm³/mol. The van der Waals surface area contributed by atoms with Crippen LogP contribution in [0.4, 0.5) is 0 Å². The molecule has 1 unspecified atom stereocenters. The van der Waals surface area contributed by atoms with Crippen molar-refractivity contribution in [2.45, 2.75) is 32.0 Å². The lowest BCUT2D eigenvalue weighted by Crippen LogP contribution is -2.33. The zero-order valence-electron chi connectivity index (χ0n) is 12.2. The van der Waals surface area contributed by atoms with Gasteiger partial charge >= 0.3 is 0 Å². The van der Waals surface area contributed by atoms with Gasteiger partial charge in [0.1, 0.15) is 0 Å². The molecule has 2 heterocycles. The van der Waals surface area contributed by atoms with Gasteiger partial charge in [-0.3, -0.25) is 4.79 Å². The first-order chi connectivity index (χ1) is 9.25. The maximum atomic E-state index is 12.6. The second kappa shape index (κ2) is 6.23. The molecule has 1 aromatic carbocycles. The summed E-state index contributed by atoms with van der Waals surface area (Å²) in [6.07, 6.45) is 2.10. The number of hydrogen-bond acceptors (Lipinski definition) is 2. The first-order valence-electron chi connectivity index (χ1n) is 7.24. The van der Waals surface area contributed by atoms with E-state index in [0.29, 0.717) is 30.4 Å². The van der Waals surface area contributed by atoms with Crippen molar-refractivity contribution in [1.82, 2.24) is 4.90 Å². The highest BCUT2D eigenvalue weighted by Crippen LogP contribution is 2.51. The van der Waals surface area contributed by atoms with Crippen LogP contribution in [-0.2, 0) is 9.53 Å². The summed E-state index contributed by atoms with van der Waals surface area (Å²) >= 11 is 0. The highest BCUT2D eigenvalue weighted by molar-refractivity contribution is 7.59. The molecule has 5 heteroatoms. The fourth-order valence-corrected chi connectivity index (χ4v) is 4.24. The van der Waals surface area contributed by atoms with Crippen molar-refractivity contribution in [2.24, 2.45) is 17.8 Å². The molecule has 21 heavy (non-hydrogen) atoms. The van der Waals surface area contributed by atoms with E-state index in [1.165, 1.54) is 6.42 Å². The molecule has 5 atom stereocenters. The number of fused-ring (bicyclic) bond motifs is 3. The lowest BCUT2D eigenvalue weighted by Gasteiger charge is -2.24. The molecule has 0 spiro atoms. The second-order valence-corrected chi connectivity index (χ2v) is 6.26. The second-order valence-electron chi connectivity index (χ2n) is 6.26. The van der Waals surface area contributed by atoms with Crippen LogP contribution in [0.3, 0.4) is 0 Å². The number of ether oxygens (including phenoxy) is 1. The molecule has 2 aliphatic heterocycles. The first kappa shape index (κ1) is 16.7. The highest BCUT2D eigenvalue weighted by atomic mass is 32.1. The maximum absolute atomic E-state index is 12.6. The molecule has 1 aliphatic carbocycles. The van der Waals surface area contributed by atoms with Crippen LogP contribution in [0.1, 0.15) is 31.6 Å². The zero-order valence-corrected chi connectivity index (χ0v) is 14.2. The van der Waals surface area contributed by atoms with Gasteiger partial charge in [0.25, 0.3) is 0 Å². The van der Waals surface area contributed by atoms with Crippen molar-refractivity contribution >= 4 is 32.9 Å². The first-order valence-corrected chi connectivity index (χ1v) is 7.24. The van der Waals surface area contributed by atoms with E-state index in [9.17, 15) is 4.79 Å². The Morgan fingerprint density at radius 1 is 1.14 bits per heavy atom. The van der Waals surface area contributed by atoms with Crippen LogP contribution in [-0.4, -0.2) is 23.5 Å². The number of benzene rings is 1. The molecular weight excluding hydrogens is 302 g/mol. The van der Waals surface area contributed by atoms with Crippen molar-refractivity contribution in [3.63, 3.8) is 0 Å². The van der Waals surface area contributed by atoms with Crippen LogP contribution in [0.2, 0.25) is 0 Å². The number of hydrogen-bond donors (Lipinski definition) is 0. The van der Waals surface area contributed by atoms with Gasteiger partial charge in [0.2, 0.25) is 5.91 Å². The quantitative estimate of drug-likeness (QED) is 0.794. The summed E-state index contributed by atoms with van der Waals surface area (Å²) in [6, 6.07) is 10.4. The van der Waals surface area contributed by atoms with E-state index in [1.807, 2.05) is 23.1 Å². The van der Waals surface area contributed by atoms with Crippen molar-refractivity contribution in [2.75, 3.05) is 6.61 Å². The summed E-state index contributed by atoms with van der Waals surface area (Å²) in [7, 11) is 0. The third kappa shape index (κ3) is 2.49. The van der Waals surface area contributed by atoms with E-state index < -0.39 is 0 Å². The van der Waals surface area contributed by atoms with Crippen molar-refractivity contribution in [3.05, 3.63) is 35.9 Å². The average Bonchev–Trinajstić information content (AvgIpc) is 3.06. The van der Waals surface area contributed by atoms with Crippen molar-refractivity contribution < 1.29 is 9.53 Å². The van der Waals surface area contributed by atoms with Crippen LogP contribution in [0.25, 0.3) is 0 Å². The van der Waals surface area contributed by atoms with Gasteiger partial charge in [0.15, 0.2) is 6.23 Å². The molecule has 4 rings (SSSR count). The average molecular weight is 325 g/mol. The molecule has 3 fully saturated rings. The Kier molecular flexibility index (Phi) is 4.96. The Morgan fingerprint density at radius 2 is 1.86 bits per heavy atom. The van der Waals surface area contributed by atoms with Crippen LogP contribution in [0.15, 0.2) is 30.3 Å². The van der Waals surface area contributed by atoms with Gasteiger partial charge in [0, 0.05) is 11.5 Å². The molecule has 2 saturated heterocycles. The lowest BCUT2D eigenvalue weighted by molar-refractivity contribution is -0.137. The molecule has 0 bridgehead atoms. The van der Waals surface area contributed by atoms with E-state index in [-0.39, 0.29) is 39.1 Å². The van der Waals surface area contributed by atoms with Crippen LogP contribution in [0, 0.1) is 17.8 Å². The Labute approximate surface area is 139 Å². The van der Waals surface area contributed by atoms with Crippen LogP contribution >= 0.6 is 27.0 Å². The van der Waals surface area contributed by atoms with E-state index in [4.69, 9.17) is 4.74 Å². The van der Waals surface area contributed by atoms with Gasteiger partial charge in [0.05, 0.1) is 12.6 Å². The normalized spacial score (nSPS) is 36.7. The number of carbonyl (C=O) groups excluding carboxylic acids is 1. The summed E-state index contributed by atoms with van der Waals surface area (Å²) in [5.74, 6) is 1.80. The molecule has 1 saturated carbocycles. The van der Waals surface area contributed by atoms with E-state index in [0.717, 1.165) is 12.0 Å². The number of amides is 1. The molecular formula is C16H23NO2S2. The Balaban J connectivity index is 0.000000807. The minimum atomic E-state index is -0.153. The molecule has 0 N–H and O–H groups in total. The largest absolute Gasteiger partial charge is 0.352 e. The summed E-state index contributed by atoms with van der Waals surface area (Å²) < 4.78 is 5.92. The van der Waals surface area contributed by atoms with Crippen molar-refractivity contribution in [1.29, 1.82) is 0 Å². The topological polar surface area (TPSA) is 29.5 Å². The molecule has 0 radical (unpaired) electrons. The van der Waals surface area contributed by atoms with Crippen LogP contribution < -0.4 is 0 Å². The van der Waals surface area contributed by atoms with Gasteiger partial charge < -0.3 is 9.64 Å². The third-order valence-corrected chi connectivity index (χ3v) is 5.03. The van der Waals surface area contributed by atoms with Gasteiger partial charge in [-0.25, -0.2) is 0 Å². The summed E-state index contributed by atoms with van der Waals surface area (Å²) in [5.41, 5.74) is 1.10. The Hall–Kier alpha value is -0.650. The Bertz CT molecular complexity index is 510. The molecule has 3 nitrogen and oxygen atoms in total. The minimum Gasteiger partial charge on any atom is -0.352 e. The van der Waals surface area contributed by atoms with Gasteiger partial charge in [-0.2, -0.15) is 27.0 Å². The molecule has 1 amide bonds. The summed E-state index contributed by atoms with van der Waals surface area (Å²) in [4.78, 5) is 14.7. The van der Waals surface area contributed by atoms with E-state index in [1.54, 1.807) is 0 Å². The number of rotatable bonds is 1. The van der Waals surface area contributed by atoms with Crippen molar-refractivity contribution in [3.8, 4) is 0 Å². The molecule has 3 aliphatic rings. The van der Waals surface area contributed by atoms with E-state index in [2.05, 4.69) is 19.1 Å². The monoisotopic (exact) mass is 325 g/mol. The molecule has 0 aromatic heterocycles. The summed E-state index contributed by atoms with van der Waals surface area (Å²) in [6.45, 7) is 2.97. The predicted octanol–water partition coefficient (Wildman–Crippen LogP) is 2.81. The summed E-state index contributed by atoms with van der Waals surface area (Å²) in [5, 5.41) is 0. The minimum absolute atomic E-state index is 0. The fourth-order valence-electron chi connectivity index (χ4n) is 4.24. The highest BCUT2D eigenvalue weighted by Gasteiger charge is 2.56.